The number of aryl methyl sites for hydroxylation is 1. The van der Waals surface area contributed by atoms with Gasteiger partial charge in [0.05, 0.1) is 24.5 Å². The van der Waals surface area contributed by atoms with Crippen molar-refractivity contribution < 1.29 is 17.9 Å². The highest BCUT2D eigenvalue weighted by Gasteiger charge is 2.30. The van der Waals surface area contributed by atoms with Gasteiger partial charge in [-0.3, -0.25) is 4.90 Å². The van der Waals surface area contributed by atoms with Gasteiger partial charge in [0.15, 0.2) is 0 Å². The van der Waals surface area contributed by atoms with Gasteiger partial charge in [-0.1, -0.05) is 6.07 Å². The van der Waals surface area contributed by atoms with E-state index in [1.807, 2.05) is 13.0 Å². The molecule has 2 fully saturated rings. The van der Waals surface area contributed by atoms with Crippen LogP contribution in [0.25, 0.3) is 5.69 Å². The van der Waals surface area contributed by atoms with Crippen molar-refractivity contribution in [2.75, 3.05) is 49.6 Å². The summed E-state index contributed by atoms with van der Waals surface area (Å²) in [6.07, 6.45) is -0.753. The van der Waals surface area contributed by atoms with Crippen LogP contribution < -0.4 is 10.2 Å². The predicted octanol–water partition coefficient (Wildman–Crippen LogP) is 4.64. The molecule has 0 unspecified atom stereocenters. The molecule has 0 aliphatic carbocycles. The van der Waals surface area contributed by atoms with Crippen molar-refractivity contribution in [3.05, 3.63) is 59.9 Å². The van der Waals surface area contributed by atoms with Gasteiger partial charge >= 0.3 is 6.18 Å². The zero-order valence-corrected chi connectivity index (χ0v) is 19.6. The maximum atomic E-state index is 13.1. The summed E-state index contributed by atoms with van der Waals surface area (Å²) in [5, 5.41) is 7.54. The van der Waals surface area contributed by atoms with Crippen LogP contribution in [-0.2, 0) is 10.9 Å². The first-order valence-electron chi connectivity index (χ1n) is 11.9. The van der Waals surface area contributed by atoms with Gasteiger partial charge in [-0.25, -0.2) is 4.68 Å². The third-order valence-electron chi connectivity index (χ3n) is 6.64. The molecule has 2 aliphatic heterocycles. The first-order valence-corrected chi connectivity index (χ1v) is 11.9. The summed E-state index contributed by atoms with van der Waals surface area (Å²) in [5.74, 6) is 0.324. The monoisotopic (exact) mass is 486 g/mol. The molecule has 7 nitrogen and oxygen atoms in total. The summed E-state index contributed by atoms with van der Waals surface area (Å²) in [7, 11) is 0. The van der Waals surface area contributed by atoms with Crippen LogP contribution in [0, 0.1) is 6.92 Å². The van der Waals surface area contributed by atoms with Crippen molar-refractivity contribution in [2.45, 2.75) is 32.0 Å². The number of hydrogen-bond acceptors (Lipinski definition) is 6. The Kier molecular flexibility index (Phi) is 6.66. The number of ether oxygens (including phenoxy) is 1. The molecule has 0 radical (unpaired) electrons. The summed E-state index contributed by atoms with van der Waals surface area (Å²) in [5.41, 5.74) is 2.68. The summed E-state index contributed by atoms with van der Waals surface area (Å²) < 4.78 is 46.0. The van der Waals surface area contributed by atoms with Gasteiger partial charge in [0.1, 0.15) is 6.33 Å². The Hall–Kier alpha value is -3.11. The predicted molar refractivity (Wildman–Crippen MR) is 128 cm³/mol. The molecule has 0 bridgehead atoms. The lowest BCUT2D eigenvalue weighted by atomic mass is 10.0. The van der Waals surface area contributed by atoms with E-state index in [9.17, 15) is 13.2 Å². The van der Waals surface area contributed by atoms with Crippen LogP contribution in [0.15, 0.2) is 48.8 Å². The highest BCUT2D eigenvalue weighted by atomic mass is 19.4. The molecule has 10 heteroatoms. The molecule has 2 aromatic carbocycles. The van der Waals surface area contributed by atoms with Crippen LogP contribution in [-0.4, -0.2) is 65.1 Å². The quantitative estimate of drug-likeness (QED) is 0.567. The topological polar surface area (TPSA) is 58.5 Å². The standard InChI is InChI=1S/C25H29F3N6O/c1-18-13-20(16-23(14-18)32-7-5-21(6-8-32)33-9-11-35-12-10-33)30-24-29-17-34(31-24)22-4-2-3-19(15-22)25(26,27)28/h2-4,13-17,21H,5-12H2,1H3,(H,30,31). The van der Waals surface area contributed by atoms with Crippen LogP contribution in [0.4, 0.5) is 30.5 Å². The van der Waals surface area contributed by atoms with Gasteiger partial charge in [-0.2, -0.15) is 18.2 Å². The molecule has 3 aromatic rings. The van der Waals surface area contributed by atoms with E-state index in [-0.39, 0.29) is 0 Å². The van der Waals surface area contributed by atoms with Gasteiger partial charge in [0.25, 0.3) is 0 Å². The molecule has 3 heterocycles. The van der Waals surface area contributed by atoms with Gasteiger partial charge in [0, 0.05) is 43.6 Å². The SMILES string of the molecule is Cc1cc(Nc2ncn(-c3cccc(C(F)(F)F)c3)n2)cc(N2CCC(N3CCOCC3)CC2)c1. The number of nitrogens with one attached hydrogen (secondary N) is 1. The fourth-order valence-electron chi connectivity index (χ4n) is 4.85. The molecule has 35 heavy (non-hydrogen) atoms. The molecule has 5 rings (SSSR count). The van der Waals surface area contributed by atoms with Crippen molar-refractivity contribution in [3.8, 4) is 5.69 Å². The number of rotatable bonds is 5. The molecule has 2 saturated heterocycles. The second-order valence-electron chi connectivity index (χ2n) is 9.11. The van der Waals surface area contributed by atoms with E-state index >= 15 is 0 Å². The van der Waals surface area contributed by atoms with Crippen molar-refractivity contribution in [2.24, 2.45) is 0 Å². The molecule has 2 aliphatic rings. The average molecular weight is 487 g/mol. The number of nitrogens with zero attached hydrogens (tertiary/aromatic N) is 5. The number of benzene rings is 2. The second-order valence-corrected chi connectivity index (χ2v) is 9.11. The summed E-state index contributed by atoms with van der Waals surface area (Å²) in [6.45, 7) is 7.71. The van der Waals surface area contributed by atoms with Gasteiger partial charge in [-0.15, -0.1) is 5.10 Å². The smallest absolute Gasteiger partial charge is 0.379 e. The second kappa shape index (κ2) is 9.87. The molecule has 0 amide bonds. The maximum Gasteiger partial charge on any atom is 0.416 e. The Morgan fingerprint density at radius 3 is 2.49 bits per heavy atom. The van der Waals surface area contributed by atoms with E-state index in [4.69, 9.17) is 4.74 Å². The average Bonchev–Trinajstić information content (AvgIpc) is 3.32. The van der Waals surface area contributed by atoms with Crippen molar-refractivity contribution >= 4 is 17.3 Å². The highest BCUT2D eigenvalue weighted by Crippen LogP contribution is 2.31. The van der Waals surface area contributed by atoms with Crippen molar-refractivity contribution in [3.63, 3.8) is 0 Å². The lowest BCUT2D eigenvalue weighted by Gasteiger charge is -2.41. The normalized spacial score (nSPS) is 18.1. The molecule has 0 saturated carbocycles. The Bertz CT molecular complexity index is 1150. The van der Waals surface area contributed by atoms with Crippen molar-refractivity contribution in [1.29, 1.82) is 0 Å². The number of halogens is 3. The molecular weight excluding hydrogens is 457 g/mol. The van der Waals surface area contributed by atoms with Crippen LogP contribution in [0.2, 0.25) is 0 Å². The number of anilines is 3. The summed E-state index contributed by atoms with van der Waals surface area (Å²) in [6, 6.07) is 11.9. The third kappa shape index (κ3) is 5.59. The first-order chi connectivity index (χ1) is 16.8. The molecule has 186 valence electrons. The lowest BCUT2D eigenvalue weighted by Crippen LogP contribution is -2.49. The van der Waals surface area contributed by atoms with E-state index in [1.54, 1.807) is 6.07 Å². The summed E-state index contributed by atoms with van der Waals surface area (Å²) in [4.78, 5) is 9.20. The maximum absolute atomic E-state index is 13.1. The molecular formula is C25H29F3N6O. The fourth-order valence-corrected chi connectivity index (χ4v) is 4.85. The van der Waals surface area contributed by atoms with Crippen LogP contribution in [0.1, 0.15) is 24.0 Å². The fraction of sp³-hybridized carbons (Fsp3) is 0.440. The minimum atomic E-state index is -4.41. The van der Waals surface area contributed by atoms with Gasteiger partial charge in [-0.05, 0) is 61.7 Å². The molecule has 1 aromatic heterocycles. The van der Waals surface area contributed by atoms with E-state index in [0.717, 1.165) is 81.3 Å². The largest absolute Gasteiger partial charge is 0.416 e. The zero-order chi connectivity index (χ0) is 24.4. The lowest BCUT2D eigenvalue weighted by molar-refractivity contribution is -0.137. The van der Waals surface area contributed by atoms with E-state index < -0.39 is 11.7 Å². The number of piperidine rings is 1. The van der Waals surface area contributed by atoms with E-state index in [0.29, 0.717) is 17.7 Å². The minimum Gasteiger partial charge on any atom is -0.379 e. The van der Waals surface area contributed by atoms with Crippen LogP contribution >= 0.6 is 0 Å². The van der Waals surface area contributed by atoms with Crippen LogP contribution in [0.5, 0.6) is 0 Å². The third-order valence-corrected chi connectivity index (χ3v) is 6.64. The highest BCUT2D eigenvalue weighted by molar-refractivity contribution is 5.64. The minimum absolute atomic E-state index is 0.299. The zero-order valence-electron chi connectivity index (χ0n) is 19.6. The Morgan fingerprint density at radius 2 is 1.74 bits per heavy atom. The number of alkyl halides is 3. The Labute approximate surface area is 202 Å². The van der Waals surface area contributed by atoms with Gasteiger partial charge < -0.3 is 15.0 Å². The number of morpholine rings is 1. The number of hydrogen-bond donors (Lipinski definition) is 1. The Morgan fingerprint density at radius 1 is 0.971 bits per heavy atom. The molecule has 0 atom stereocenters. The first kappa shape index (κ1) is 23.6. The molecule has 1 N–H and O–H groups in total. The van der Waals surface area contributed by atoms with E-state index in [1.165, 1.54) is 17.1 Å². The summed E-state index contributed by atoms with van der Waals surface area (Å²) >= 11 is 0. The van der Waals surface area contributed by atoms with Gasteiger partial charge in [0.2, 0.25) is 5.95 Å². The van der Waals surface area contributed by atoms with Crippen molar-refractivity contribution in [1.82, 2.24) is 19.7 Å². The van der Waals surface area contributed by atoms with E-state index in [2.05, 4.69) is 37.3 Å². The molecule has 0 spiro atoms. The van der Waals surface area contributed by atoms with Crippen LogP contribution in [0.3, 0.4) is 0 Å². The number of aromatic nitrogens is 3. The Balaban J connectivity index is 1.26.